The van der Waals surface area contributed by atoms with Crippen LogP contribution in [0.2, 0.25) is 0 Å². The minimum absolute atomic E-state index is 0.0811. The molecule has 5 nitrogen and oxygen atoms in total. The number of thiophene rings is 1. The van der Waals surface area contributed by atoms with Crippen LogP contribution in [-0.2, 0) is 10.0 Å². The van der Waals surface area contributed by atoms with Gasteiger partial charge in [-0.2, -0.15) is 0 Å². The summed E-state index contributed by atoms with van der Waals surface area (Å²) in [5, 5.41) is 0.0811. The molecule has 0 aliphatic rings. The Kier molecular flexibility index (Phi) is 3.32. The largest absolute Gasteiger partial charge is 0.335 e. The van der Waals surface area contributed by atoms with E-state index in [0.717, 1.165) is 9.75 Å². The normalized spacial score (nSPS) is 13.8. The highest BCUT2D eigenvalue weighted by Gasteiger charge is 2.20. The Morgan fingerprint density at radius 3 is 2.76 bits per heavy atom. The molecule has 0 spiro atoms. The van der Waals surface area contributed by atoms with Crippen LogP contribution >= 0.6 is 11.3 Å². The number of hydrogen-bond acceptors (Lipinski definition) is 4. The molecule has 92 valence electrons. The first-order valence-electron chi connectivity index (χ1n) is 5.06. The van der Waals surface area contributed by atoms with Crippen molar-refractivity contribution >= 4 is 21.4 Å². The fourth-order valence-electron chi connectivity index (χ4n) is 1.43. The van der Waals surface area contributed by atoms with Gasteiger partial charge in [0.15, 0.2) is 5.03 Å². The van der Waals surface area contributed by atoms with E-state index in [0.29, 0.717) is 0 Å². The van der Waals surface area contributed by atoms with Crippen LogP contribution in [0.3, 0.4) is 0 Å². The van der Waals surface area contributed by atoms with Gasteiger partial charge in [0.2, 0.25) is 0 Å². The van der Waals surface area contributed by atoms with E-state index in [9.17, 15) is 8.42 Å². The number of nitrogens with one attached hydrogen (secondary N) is 2. The maximum atomic E-state index is 11.9. The maximum Gasteiger partial charge on any atom is 0.258 e. The number of nitrogens with zero attached hydrogens (tertiary/aromatic N) is 1. The first-order chi connectivity index (χ1) is 7.99. The van der Waals surface area contributed by atoms with E-state index in [1.54, 1.807) is 11.3 Å². The molecule has 17 heavy (non-hydrogen) atoms. The molecule has 2 heterocycles. The Balaban J connectivity index is 2.17. The van der Waals surface area contributed by atoms with Gasteiger partial charge in [-0.15, -0.1) is 11.3 Å². The Morgan fingerprint density at radius 2 is 2.24 bits per heavy atom. The lowest BCUT2D eigenvalue weighted by Crippen LogP contribution is -2.26. The number of imidazole rings is 1. The predicted molar refractivity (Wildman–Crippen MR) is 66.4 cm³/mol. The second kappa shape index (κ2) is 4.59. The molecule has 7 heteroatoms. The molecule has 0 amide bonds. The Morgan fingerprint density at radius 1 is 1.47 bits per heavy atom. The Labute approximate surface area is 104 Å². The van der Waals surface area contributed by atoms with Gasteiger partial charge in [0.1, 0.15) is 0 Å². The van der Waals surface area contributed by atoms with Gasteiger partial charge in [-0.05, 0) is 26.0 Å². The highest BCUT2D eigenvalue weighted by Crippen LogP contribution is 2.23. The van der Waals surface area contributed by atoms with Crippen molar-refractivity contribution < 1.29 is 8.42 Å². The smallest absolute Gasteiger partial charge is 0.258 e. The van der Waals surface area contributed by atoms with Crippen molar-refractivity contribution in [1.82, 2.24) is 14.7 Å². The molecule has 0 aliphatic carbocycles. The van der Waals surface area contributed by atoms with E-state index in [2.05, 4.69) is 14.7 Å². The fraction of sp³-hybridized carbons (Fsp3) is 0.300. The van der Waals surface area contributed by atoms with Crippen LogP contribution in [0.4, 0.5) is 0 Å². The van der Waals surface area contributed by atoms with Gasteiger partial charge in [-0.1, -0.05) is 0 Å². The number of aromatic amines is 1. The zero-order valence-electron chi connectivity index (χ0n) is 9.47. The number of rotatable bonds is 4. The Hall–Kier alpha value is -1.18. The third-order valence-electron chi connectivity index (χ3n) is 2.28. The Bertz CT molecular complexity index is 587. The zero-order chi connectivity index (χ0) is 12.5. The molecule has 0 saturated heterocycles. The average Bonchev–Trinajstić information content (AvgIpc) is 2.86. The van der Waals surface area contributed by atoms with Gasteiger partial charge in [0.25, 0.3) is 10.0 Å². The van der Waals surface area contributed by atoms with Gasteiger partial charge >= 0.3 is 0 Å². The van der Waals surface area contributed by atoms with E-state index in [1.807, 2.05) is 26.0 Å². The van der Waals surface area contributed by atoms with Crippen molar-refractivity contribution in [3.05, 3.63) is 34.4 Å². The SMILES string of the molecule is Cc1ccc(C(C)NS(=O)(=O)c2cnc[nH]2)s1. The molecule has 2 aromatic rings. The summed E-state index contributed by atoms with van der Waals surface area (Å²) in [6.45, 7) is 3.81. The molecular formula is C10H13N3O2S2. The quantitative estimate of drug-likeness (QED) is 0.890. The maximum absolute atomic E-state index is 11.9. The average molecular weight is 271 g/mol. The molecule has 0 saturated carbocycles. The van der Waals surface area contributed by atoms with Crippen LogP contribution in [0.25, 0.3) is 0 Å². The van der Waals surface area contributed by atoms with Crippen molar-refractivity contribution in [3.8, 4) is 0 Å². The van der Waals surface area contributed by atoms with Crippen molar-refractivity contribution in [3.63, 3.8) is 0 Å². The van der Waals surface area contributed by atoms with Gasteiger partial charge in [0.05, 0.1) is 18.6 Å². The van der Waals surface area contributed by atoms with E-state index in [-0.39, 0.29) is 11.1 Å². The zero-order valence-corrected chi connectivity index (χ0v) is 11.1. The summed E-state index contributed by atoms with van der Waals surface area (Å²) >= 11 is 1.58. The summed E-state index contributed by atoms with van der Waals surface area (Å²) in [4.78, 5) is 8.43. The van der Waals surface area contributed by atoms with Gasteiger partial charge in [-0.3, -0.25) is 0 Å². The summed E-state index contributed by atoms with van der Waals surface area (Å²) in [5.74, 6) is 0. The summed E-state index contributed by atoms with van der Waals surface area (Å²) in [7, 11) is -3.52. The number of H-pyrrole nitrogens is 1. The molecule has 0 fully saturated rings. The number of sulfonamides is 1. The monoisotopic (exact) mass is 271 g/mol. The second-order valence-electron chi connectivity index (χ2n) is 3.71. The third kappa shape index (κ3) is 2.74. The second-order valence-corrected chi connectivity index (χ2v) is 6.71. The lowest BCUT2D eigenvalue weighted by atomic mass is 10.3. The minimum Gasteiger partial charge on any atom is -0.335 e. The van der Waals surface area contributed by atoms with Crippen molar-refractivity contribution in [1.29, 1.82) is 0 Å². The molecule has 2 N–H and O–H groups in total. The first-order valence-corrected chi connectivity index (χ1v) is 7.36. The predicted octanol–water partition coefficient (Wildman–Crippen LogP) is 1.82. The summed E-state index contributed by atoms with van der Waals surface area (Å²) < 4.78 is 26.4. The summed E-state index contributed by atoms with van der Waals surface area (Å²) in [5.41, 5.74) is 0. The molecule has 2 rings (SSSR count). The lowest BCUT2D eigenvalue weighted by molar-refractivity contribution is 0.565. The van der Waals surface area contributed by atoms with Crippen LogP contribution in [0.5, 0.6) is 0 Å². The third-order valence-corrected chi connectivity index (χ3v) is 4.93. The molecule has 0 aliphatic heterocycles. The number of aromatic nitrogens is 2. The van der Waals surface area contributed by atoms with Crippen LogP contribution < -0.4 is 4.72 Å². The fourth-order valence-corrected chi connectivity index (χ4v) is 3.51. The van der Waals surface area contributed by atoms with Crippen LogP contribution in [0, 0.1) is 6.92 Å². The van der Waals surface area contributed by atoms with Gasteiger partial charge < -0.3 is 4.98 Å². The topological polar surface area (TPSA) is 74.8 Å². The molecule has 1 atom stereocenters. The minimum atomic E-state index is -3.52. The van der Waals surface area contributed by atoms with E-state index < -0.39 is 10.0 Å². The molecule has 1 unspecified atom stereocenters. The van der Waals surface area contributed by atoms with Crippen LogP contribution in [0.1, 0.15) is 22.7 Å². The van der Waals surface area contributed by atoms with E-state index >= 15 is 0 Å². The summed E-state index contributed by atoms with van der Waals surface area (Å²) in [6, 6.07) is 3.66. The first kappa shape index (κ1) is 12.3. The molecule has 0 bridgehead atoms. The number of aryl methyl sites for hydroxylation is 1. The van der Waals surface area contributed by atoms with Crippen LogP contribution in [0.15, 0.2) is 29.7 Å². The molecule has 2 aromatic heterocycles. The number of hydrogen-bond donors (Lipinski definition) is 2. The summed E-state index contributed by atoms with van der Waals surface area (Å²) in [6.07, 6.45) is 2.63. The van der Waals surface area contributed by atoms with Crippen molar-refractivity contribution in [2.24, 2.45) is 0 Å². The molecule has 0 aromatic carbocycles. The van der Waals surface area contributed by atoms with Gasteiger partial charge in [0, 0.05) is 9.75 Å². The van der Waals surface area contributed by atoms with Crippen LogP contribution in [-0.4, -0.2) is 18.4 Å². The molecule has 0 radical (unpaired) electrons. The standard InChI is InChI=1S/C10H13N3O2S2/c1-7-3-4-9(16-7)8(2)13-17(14,15)10-5-11-6-12-10/h3-6,8,13H,1-2H3,(H,11,12). The highest BCUT2D eigenvalue weighted by atomic mass is 32.2. The van der Waals surface area contributed by atoms with Crippen molar-refractivity contribution in [2.45, 2.75) is 24.9 Å². The molecular weight excluding hydrogens is 258 g/mol. The van der Waals surface area contributed by atoms with E-state index in [1.165, 1.54) is 12.5 Å². The van der Waals surface area contributed by atoms with Gasteiger partial charge in [-0.25, -0.2) is 18.1 Å². The highest BCUT2D eigenvalue weighted by molar-refractivity contribution is 7.89. The lowest BCUT2D eigenvalue weighted by Gasteiger charge is -2.11. The van der Waals surface area contributed by atoms with Crippen molar-refractivity contribution in [2.75, 3.05) is 0 Å². The van der Waals surface area contributed by atoms with E-state index in [4.69, 9.17) is 0 Å².